The van der Waals surface area contributed by atoms with Crippen LogP contribution in [0, 0.1) is 5.92 Å². The van der Waals surface area contributed by atoms with Gasteiger partial charge in [0.25, 0.3) is 0 Å². The Labute approximate surface area is 114 Å². The van der Waals surface area contributed by atoms with Crippen molar-refractivity contribution in [3.63, 3.8) is 0 Å². The van der Waals surface area contributed by atoms with Crippen molar-refractivity contribution in [2.75, 3.05) is 5.88 Å². The fourth-order valence-corrected chi connectivity index (χ4v) is 2.56. The van der Waals surface area contributed by atoms with Gasteiger partial charge in [0.05, 0.1) is 5.69 Å². The van der Waals surface area contributed by atoms with Gasteiger partial charge in [0.15, 0.2) is 0 Å². The van der Waals surface area contributed by atoms with E-state index in [9.17, 15) is 0 Å². The zero-order valence-electron chi connectivity index (χ0n) is 11.4. The predicted molar refractivity (Wildman–Crippen MR) is 77.0 cm³/mol. The van der Waals surface area contributed by atoms with Gasteiger partial charge in [-0.3, -0.25) is 0 Å². The zero-order chi connectivity index (χ0) is 13.1. The number of hydrogen-bond acceptors (Lipinski definition) is 3. The molecule has 0 aliphatic carbocycles. The normalized spacial score (nSPS) is 15.9. The van der Waals surface area contributed by atoms with Gasteiger partial charge < -0.3 is 5.32 Å². The second-order valence-electron chi connectivity index (χ2n) is 5.68. The topological polar surface area (TPSA) is 24.9 Å². The SMILES string of the molecule is CC(CCl)C(C)NCc1nc(C(C)(C)C)cs1. The van der Waals surface area contributed by atoms with E-state index < -0.39 is 0 Å². The van der Waals surface area contributed by atoms with Crippen LogP contribution >= 0.6 is 22.9 Å². The fraction of sp³-hybridized carbons (Fsp3) is 0.769. The monoisotopic (exact) mass is 274 g/mol. The van der Waals surface area contributed by atoms with Crippen molar-refractivity contribution in [1.29, 1.82) is 0 Å². The summed E-state index contributed by atoms with van der Waals surface area (Å²) in [4.78, 5) is 4.66. The van der Waals surface area contributed by atoms with E-state index in [4.69, 9.17) is 11.6 Å². The first kappa shape index (κ1) is 14.9. The van der Waals surface area contributed by atoms with Crippen molar-refractivity contribution in [1.82, 2.24) is 10.3 Å². The number of nitrogens with one attached hydrogen (secondary N) is 1. The quantitative estimate of drug-likeness (QED) is 0.827. The molecule has 1 aromatic rings. The van der Waals surface area contributed by atoms with Gasteiger partial charge in [-0.2, -0.15) is 0 Å². The lowest BCUT2D eigenvalue weighted by Gasteiger charge is -2.18. The lowest BCUT2D eigenvalue weighted by molar-refractivity contribution is 0.429. The molecular weight excluding hydrogens is 252 g/mol. The van der Waals surface area contributed by atoms with Gasteiger partial charge in [-0.25, -0.2) is 4.98 Å². The van der Waals surface area contributed by atoms with Crippen LogP contribution in [-0.2, 0) is 12.0 Å². The molecule has 98 valence electrons. The number of hydrogen-bond donors (Lipinski definition) is 1. The highest BCUT2D eigenvalue weighted by molar-refractivity contribution is 7.09. The summed E-state index contributed by atoms with van der Waals surface area (Å²) in [6, 6.07) is 0.425. The third kappa shape index (κ3) is 4.57. The van der Waals surface area contributed by atoms with E-state index in [1.807, 2.05) is 0 Å². The summed E-state index contributed by atoms with van der Waals surface area (Å²) in [6.07, 6.45) is 0. The molecule has 0 bridgehead atoms. The molecule has 0 fully saturated rings. The molecule has 0 saturated carbocycles. The summed E-state index contributed by atoms with van der Waals surface area (Å²) in [5.74, 6) is 1.18. The molecule has 4 heteroatoms. The molecule has 2 atom stereocenters. The maximum atomic E-state index is 5.84. The summed E-state index contributed by atoms with van der Waals surface area (Å²) in [7, 11) is 0. The number of alkyl halides is 1. The first-order valence-electron chi connectivity index (χ1n) is 6.09. The van der Waals surface area contributed by atoms with Crippen molar-refractivity contribution in [3.8, 4) is 0 Å². The maximum absolute atomic E-state index is 5.84. The molecule has 1 heterocycles. The Balaban J connectivity index is 2.51. The summed E-state index contributed by atoms with van der Waals surface area (Å²) < 4.78 is 0. The van der Waals surface area contributed by atoms with E-state index in [2.05, 4.69) is 50.3 Å². The van der Waals surface area contributed by atoms with E-state index in [1.165, 1.54) is 5.69 Å². The van der Waals surface area contributed by atoms with Crippen molar-refractivity contribution in [2.45, 2.75) is 52.6 Å². The van der Waals surface area contributed by atoms with Crippen molar-refractivity contribution < 1.29 is 0 Å². The molecular formula is C13H23ClN2S. The van der Waals surface area contributed by atoms with Crippen LogP contribution in [-0.4, -0.2) is 16.9 Å². The van der Waals surface area contributed by atoms with Crippen LogP contribution in [0.1, 0.15) is 45.3 Å². The molecule has 0 spiro atoms. The van der Waals surface area contributed by atoms with E-state index in [0.717, 1.165) is 11.6 Å². The minimum Gasteiger partial charge on any atom is -0.308 e. The van der Waals surface area contributed by atoms with E-state index in [1.54, 1.807) is 11.3 Å². The molecule has 0 aromatic carbocycles. The van der Waals surface area contributed by atoms with Crippen LogP contribution in [0.4, 0.5) is 0 Å². The Morgan fingerprint density at radius 1 is 1.41 bits per heavy atom. The smallest absolute Gasteiger partial charge is 0.107 e. The van der Waals surface area contributed by atoms with Gasteiger partial charge in [-0.1, -0.05) is 27.7 Å². The second kappa shape index (κ2) is 6.17. The molecule has 17 heavy (non-hydrogen) atoms. The van der Waals surface area contributed by atoms with E-state index >= 15 is 0 Å². The Kier molecular flexibility index (Phi) is 5.42. The van der Waals surface area contributed by atoms with Gasteiger partial charge in [0, 0.05) is 29.3 Å². The number of rotatable bonds is 5. The molecule has 1 N–H and O–H groups in total. The largest absolute Gasteiger partial charge is 0.308 e. The summed E-state index contributed by atoms with van der Waals surface area (Å²) >= 11 is 7.57. The van der Waals surface area contributed by atoms with Crippen LogP contribution in [0.25, 0.3) is 0 Å². The van der Waals surface area contributed by atoms with Crippen molar-refractivity contribution >= 4 is 22.9 Å². The molecule has 0 radical (unpaired) electrons. The average Bonchev–Trinajstić information content (AvgIpc) is 2.72. The third-order valence-corrected chi connectivity index (χ3v) is 4.33. The Morgan fingerprint density at radius 2 is 2.06 bits per heavy atom. The molecule has 2 nitrogen and oxygen atoms in total. The summed E-state index contributed by atoms with van der Waals surface area (Å²) in [6.45, 7) is 11.7. The lowest BCUT2D eigenvalue weighted by Crippen LogP contribution is -2.32. The number of aromatic nitrogens is 1. The van der Waals surface area contributed by atoms with E-state index in [-0.39, 0.29) is 5.41 Å². The van der Waals surface area contributed by atoms with Gasteiger partial charge in [0.1, 0.15) is 5.01 Å². The second-order valence-corrected chi connectivity index (χ2v) is 6.93. The van der Waals surface area contributed by atoms with Crippen LogP contribution in [0.5, 0.6) is 0 Å². The highest BCUT2D eigenvalue weighted by atomic mass is 35.5. The lowest BCUT2D eigenvalue weighted by atomic mass is 9.93. The third-order valence-electron chi connectivity index (χ3n) is 2.99. The van der Waals surface area contributed by atoms with E-state index in [0.29, 0.717) is 17.8 Å². The number of halogens is 1. The van der Waals surface area contributed by atoms with Crippen LogP contribution in [0.3, 0.4) is 0 Å². The summed E-state index contributed by atoms with van der Waals surface area (Å²) in [5, 5.41) is 6.79. The van der Waals surface area contributed by atoms with Crippen LogP contribution in [0.2, 0.25) is 0 Å². The van der Waals surface area contributed by atoms with Gasteiger partial charge in [0.2, 0.25) is 0 Å². The van der Waals surface area contributed by atoms with Crippen LogP contribution < -0.4 is 5.32 Å². The molecule has 1 aromatic heterocycles. The standard InChI is InChI=1S/C13H23ClN2S/c1-9(6-14)10(2)15-7-12-16-11(8-17-12)13(3,4)5/h8-10,15H,6-7H2,1-5H3. The highest BCUT2D eigenvalue weighted by Gasteiger charge is 2.17. The average molecular weight is 275 g/mol. The number of thiazole rings is 1. The molecule has 0 amide bonds. The maximum Gasteiger partial charge on any atom is 0.107 e. The molecule has 0 aliphatic heterocycles. The Hall–Kier alpha value is -0.120. The first-order valence-corrected chi connectivity index (χ1v) is 7.50. The minimum absolute atomic E-state index is 0.143. The van der Waals surface area contributed by atoms with Crippen LogP contribution in [0.15, 0.2) is 5.38 Å². The minimum atomic E-state index is 0.143. The van der Waals surface area contributed by atoms with Gasteiger partial charge in [-0.15, -0.1) is 22.9 Å². The first-order chi connectivity index (χ1) is 7.84. The molecule has 0 aliphatic rings. The molecule has 0 saturated heterocycles. The van der Waals surface area contributed by atoms with Gasteiger partial charge >= 0.3 is 0 Å². The number of nitrogens with zero attached hydrogens (tertiary/aromatic N) is 1. The molecule has 1 rings (SSSR count). The van der Waals surface area contributed by atoms with Gasteiger partial charge in [-0.05, 0) is 12.8 Å². The Bertz CT molecular complexity index is 343. The predicted octanol–water partition coefficient (Wildman–Crippen LogP) is 3.79. The van der Waals surface area contributed by atoms with Crippen molar-refractivity contribution in [2.24, 2.45) is 5.92 Å². The zero-order valence-corrected chi connectivity index (χ0v) is 13.0. The molecule has 2 unspecified atom stereocenters. The summed E-state index contributed by atoms with van der Waals surface area (Å²) in [5.41, 5.74) is 1.32. The van der Waals surface area contributed by atoms with Crippen molar-refractivity contribution in [3.05, 3.63) is 16.1 Å². The highest BCUT2D eigenvalue weighted by Crippen LogP contribution is 2.23. The fourth-order valence-electron chi connectivity index (χ4n) is 1.32. The Morgan fingerprint density at radius 3 is 2.53 bits per heavy atom.